The van der Waals surface area contributed by atoms with Crippen LogP contribution in [0.4, 0.5) is 22.0 Å². The smallest absolute Gasteiger partial charge is 0.311 e. The highest BCUT2D eigenvalue weighted by Crippen LogP contribution is 2.29. The Labute approximate surface area is 127 Å². The largest absolute Gasteiger partial charge is 0.420 e. The molecule has 9 heteroatoms. The minimum Gasteiger partial charge on any atom is -0.420 e. The van der Waals surface area contributed by atoms with Crippen LogP contribution >= 0.6 is 11.6 Å². The average Bonchev–Trinajstić information content (AvgIpc) is 2.47. The maximum Gasteiger partial charge on any atom is 0.311 e. The summed E-state index contributed by atoms with van der Waals surface area (Å²) in [6.07, 6.45) is 0.811. The van der Waals surface area contributed by atoms with Crippen molar-refractivity contribution < 1.29 is 36.3 Å². The number of hydrogen-bond donors (Lipinski definition) is 0. The minimum absolute atomic E-state index is 0.105. The van der Waals surface area contributed by atoms with Crippen molar-refractivity contribution in [3.05, 3.63) is 29.1 Å². The molecule has 1 aromatic carbocycles. The topological polar surface area (TPSA) is 43.4 Å². The fraction of sp³-hybridized carbons (Fsp3) is 0.385. The van der Waals surface area contributed by atoms with Gasteiger partial charge in [-0.25, -0.2) is 13.2 Å². The molecule has 1 rings (SSSR count). The van der Waals surface area contributed by atoms with E-state index in [1.165, 1.54) is 0 Å². The first-order valence-corrected chi connectivity index (χ1v) is 6.54. The van der Waals surface area contributed by atoms with Crippen molar-refractivity contribution in [1.82, 2.24) is 0 Å². The third kappa shape index (κ3) is 4.66. The minimum atomic E-state index is -2.33. The van der Waals surface area contributed by atoms with Gasteiger partial charge in [-0.15, -0.1) is 0 Å². The number of carbonyl (C=O) groups excluding carboxylic acids is 2. The molecule has 122 valence electrons. The number of carbonyl (C=O) groups is 2. The monoisotopic (exact) mass is 344 g/mol. The summed E-state index contributed by atoms with van der Waals surface area (Å²) in [5, 5.41) is -0.538. The van der Waals surface area contributed by atoms with Gasteiger partial charge in [0.15, 0.2) is 0 Å². The van der Waals surface area contributed by atoms with Crippen LogP contribution in [0.3, 0.4) is 0 Å². The molecule has 0 aliphatic rings. The number of hydrogen-bond acceptors (Lipinski definition) is 3. The maximum absolute atomic E-state index is 13.2. The first kappa shape index (κ1) is 18.3. The summed E-state index contributed by atoms with van der Waals surface area (Å²) in [5.74, 6) is -13.9. The van der Waals surface area contributed by atoms with Crippen molar-refractivity contribution in [2.24, 2.45) is 0 Å². The molecule has 0 N–H and O–H groups in total. The van der Waals surface area contributed by atoms with Gasteiger partial charge in [0, 0.05) is 12.8 Å². The molecule has 3 nitrogen and oxygen atoms in total. The van der Waals surface area contributed by atoms with Crippen LogP contribution in [0.25, 0.3) is 0 Å². The van der Waals surface area contributed by atoms with Gasteiger partial charge in [0.1, 0.15) is 0 Å². The zero-order chi connectivity index (χ0) is 16.9. The second-order valence-electron chi connectivity index (χ2n) is 4.29. The Bertz CT molecular complexity index is 563. The van der Waals surface area contributed by atoms with Gasteiger partial charge in [-0.05, 0) is 24.4 Å². The van der Waals surface area contributed by atoms with E-state index in [0.29, 0.717) is 12.8 Å². The lowest BCUT2D eigenvalue weighted by molar-refractivity contribution is -0.135. The van der Waals surface area contributed by atoms with E-state index < -0.39 is 46.0 Å². The standard InChI is InChI=1S/C13H10ClF5O3/c14-6(20)4-2-1-3-5-7(21)22-13-11(18)9(16)8(15)10(17)12(13)19/h1-5H2. The molecule has 0 bridgehead atoms. The molecule has 0 unspecified atom stereocenters. The fourth-order valence-corrected chi connectivity index (χ4v) is 1.68. The third-order valence-electron chi connectivity index (χ3n) is 2.64. The normalized spacial score (nSPS) is 10.6. The van der Waals surface area contributed by atoms with Crippen LogP contribution in [0.5, 0.6) is 5.75 Å². The Kier molecular flexibility index (Phi) is 6.73. The highest BCUT2D eigenvalue weighted by molar-refractivity contribution is 6.63. The molecule has 0 heterocycles. The van der Waals surface area contributed by atoms with E-state index in [4.69, 9.17) is 11.6 Å². The van der Waals surface area contributed by atoms with Crippen LogP contribution in [0.2, 0.25) is 0 Å². The molecular formula is C13H10ClF5O3. The van der Waals surface area contributed by atoms with E-state index in [-0.39, 0.29) is 19.3 Å². The highest BCUT2D eigenvalue weighted by Gasteiger charge is 2.28. The van der Waals surface area contributed by atoms with Crippen molar-refractivity contribution in [3.63, 3.8) is 0 Å². The van der Waals surface area contributed by atoms with Gasteiger partial charge < -0.3 is 4.74 Å². The zero-order valence-corrected chi connectivity index (χ0v) is 11.8. The van der Waals surface area contributed by atoms with Crippen LogP contribution in [-0.4, -0.2) is 11.2 Å². The Morgan fingerprint density at radius 3 is 1.73 bits per heavy atom. The predicted octanol–water partition coefficient (Wildman–Crippen LogP) is 4.00. The molecular weight excluding hydrogens is 335 g/mol. The number of ether oxygens (including phenoxy) is 1. The van der Waals surface area contributed by atoms with Crippen LogP contribution in [0.15, 0.2) is 0 Å². The number of halogens is 6. The molecule has 0 fully saturated rings. The zero-order valence-electron chi connectivity index (χ0n) is 11.0. The first-order chi connectivity index (χ1) is 10.3. The van der Waals surface area contributed by atoms with Crippen molar-refractivity contribution >= 4 is 22.8 Å². The number of unbranched alkanes of at least 4 members (excludes halogenated alkanes) is 2. The third-order valence-corrected chi connectivity index (χ3v) is 2.83. The molecule has 22 heavy (non-hydrogen) atoms. The second kappa shape index (κ2) is 8.07. The summed E-state index contributed by atoms with van der Waals surface area (Å²) in [6, 6.07) is 0. The SMILES string of the molecule is O=C(Cl)CCCCCC(=O)Oc1c(F)c(F)c(F)c(F)c1F. The molecule has 0 aliphatic carbocycles. The molecule has 0 radical (unpaired) electrons. The van der Waals surface area contributed by atoms with Gasteiger partial charge in [0.2, 0.25) is 40.1 Å². The van der Waals surface area contributed by atoms with E-state index >= 15 is 0 Å². The van der Waals surface area contributed by atoms with E-state index in [9.17, 15) is 31.5 Å². The van der Waals surface area contributed by atoms with Gasteiger partial charge in [0.05, 0.1) is 0 Å². The van der Waals surface area contributed by atoms with Crippen LogP contribution in [0.1, 0.15) is 32.1 Å². The van der Waals surface area contributed by atoms with Crippen molar-refractivity contribution in [2.75, 3.05) is 0 Å². The van der Waals surface area contributed by atoms with Crippen molar-refractivity contribution in [1.29, 1.82) is 0 Å². The highest BCUT2D eigenvalue weighted by atomic mass is 35.5. The summed E-state index contributed by atoms with van der Waals surface area (Å²) in [5.41, 5.74) is 0. The summed E-state index contributed by atoms with van der Waals surface area (Å²) >= 11 is 5.09. The van der Waals surface area contributed by atoms with Gasteiger partial charge in [-0.3, -0.25) is 9.59 Å². The first-order valence-electron chi connectivity index (χ1n) is 6.16. The number of benzene rings is 1. The van der Waals surface area contributed by atoms with E-state index in [2.05, 4.69) is 4.74 Å². The van der Waals surface area contributed by atoms with Crippen molar-refractivity contribution in [3.8, 4) is 5.75 Å². The van der Waals surface area contributed by atoms with Gasteiger partial charge in [-0.1, -0.05) is 6.42 Å². The number of esters is 1. The Balaban J connectivity index is 2.64. The molecule has 0 aromatic heterocycles. The molecule has 0 spiro atoms. The molecule has 0 amide bonds. The maximum atomic E-state index is 13.2. The lowest BCUT2D eigenvalue weighted by Crippen LogP contribution is -2.13. The lowest BCUT2D eigenvalue weighted by atomic mass is 10.1. The molecule has 0 aliphatic heterocycles. The quantitative estimate of drug-likeness (QED) is 0.143. The lowest BCUT2D eigenvalue weighted by Gasteiger charge is -2.08. The predicted molar refractivity (Wildman–Crippen MR) is 65.8 cm³/mol. The van der Waals surface area contributed by atoms with E-state index in [1.807, 2.05) is 0 Å². The van der Waals surface area contributed by atoms with Crippen LogP contribution in [0, 0.1) is 29.1 Å². The summed E-state index contributed by atoms with van der Waals surface area (Å²) < 4.78 is 69.2. The Morgan fingerprint density at radius 2 is 1.23 bits per heavy atom. The van der Waals surface area contributed by atoms with Crippen LogP contribution in [-0.2, 0) is 9.59 Å². The van der Waals surface area contributed by atoms with Crippen molar-refractivity contribution in [2.45, 2.75) is 32.1 Å². The van der Waals surface area contributed by atoms with Crippen LogP contribution < -0.4 is 4.74 Å². The average molecular weight is 345 g/mol. The second-order valence-corrected chi connectivity index (χ2v) is 4.71. The molecule has 1 aromatic rings. The Morgan fingerprint density at radius 1 is 0.773 bits per heavy atom. The molecule has 0 atom stereocenters. The Hall–Kier alpha value is -1.70. The summed E-state index contributed by atoms with van der Waals surface area (Å²) in [6.45, 7) is 0. The van der Waals surface area contributed by atoms with Gasteiger partial charge in [0.25, 0.3) is 0 Å². The summed E-state index contributed by atoms with van der Waals surface area (Å²) in [7, 11) is 0. The number of rotatable bonds is 7. The molecule has 0 saturated heterocycles. The van der Waals surface area contributed by atoms with Gasteiger partial charge >= 0.3 is 5.97 Å². The van der Waals surface area contributed by atoms with Gasteiger partial charge in [-0.2, -0.15) is 8.78 Å². The van der Waals surface area contributed by atoms with E-state index in [1.54, 1.807) is 0 Å². The fourth-order valence-electron chi connectivity index (χ4n) is 1.55. The van der Waals surface area contributed by atoms with E-state index in [0.717, 1.165) is 0 Å². The molecule has 0 saturated carbocycles. The summed E-state index contributed by atoms with van der Waals surface area (Å²) in [4.78, 5) is 21.8.